The molecule has 5 heteroatoms. The van der Waals surface area contributed by atoms with E-state index < -0.39 is 17.5 Å². The van der Waals surface area contributed by atoms with Crippen LogP contribution in [0.15, 0.2) is 42.5 Å². The van der Waals surface area contributed by atoms with Gasteiger partial charge >= 0.3 is 0 Å². The molecule has 0 aliphatic heterocycles. The summed E-state index contributed by atoms with van der Waals surface area (Å²) in [6, 6.07) is 8.92. The van der Waals surface area contributed by atoms with Crippen LogP contribution in [0.3, 0.4) is 0 Å². The van der Waals surface area contributed by atoms with E-state index >= 15 is 0 Å². The van der Waals surface area contributed by atoms with Crippen molar-refractivity contribution in [1.29, 1.82) is 0 Å². The van der Waals surface area contributed by atoms with Gasteiger partial charge in [-0.15, -0.1) is 0 Å². The molecule has 2 rings (SSSR count). The molecular formula is C16H14F3NO. The van der Waals surface area contributed by atoms with E-state index in [4.69, 9.17) is 0 Å². The molecule has 0 atom stereocenters. The summed E-state index contributed by atoms with van der Waals surface area (Å²) in [5.41, 5.74) is 0.502. The Kier molecular flexibility index (Phi) is 4.98. The van der Waals surface area contributed by atoms with Gasteiger partial charge < -0.3 is 5.32 Å². The van der Waals surface area contributed by atoms with Crippen molar-refractivity contribution >= 4 is 5.91 Å². The molecule has 0 aromatic heterocycles. The summed E-state index contributed by atoms with van der Waals surface area (Å²) in [4.78, 5) is 11.7. The van der Waals surface area contributed by atoms with E-state index in [1.54, 1.807) is 12.1 Å². The van der Waals surface area contributed by atoms with E-state index in [0.717, 1.165) is 23.8 Å². The lowest BCUT2D eigenvalue weighted by Crippen LogP contribution is -2.25. The smallest absolute Gasteiger partial charge is 0.254 e. The number of nitrogens with one attached hydrogen (secondary N) is 1. The molecule has 0 heterocycles. The molecule has 0 aliphatic rings. The molecule has 2 nitrogen and oxygen atoms in total. The minimum absolute atomic E-state index is 0.297. The van der Waals surface area contributed by atoms with E-state index in [0.29, 0.717) is 19.4 Å². The first-order valence-electron chi connectivity index (χ1n) is 6.54. The van der Waals surface area contributed by atoms with E-state index in [1.165, 1.54) is 12.1 Å². The number of carbonyl (C=O) groups is 1. The van der Waals surface area contributed by atoms with Gasteiger partial charge in [0, 0.05) is 6.54 Å². The van der Waals surface area contributed by atoms with Gasteiger partial charge in [0.1, 0.15) is 17.5 Å². The highest BCUT2D eigenvalue weighted by atomic mass is 19.1. The van der Waals surface area contributed by atoms with Crippen LogP contribution < -0.4 is 5.32 Å². The lowest BCUT2D eigenvalue weighted by molar-refractivity contribution is 0.0948. The van der Waals surface area contributed by atoms with Crippen LogP contribution in [0.25, 0.3) is 0 Å². The number of benzene rings is 2. The van der Waals surface area contributed by atoms with Crippen LogP contribution in [0, 0.1) is 17.5 Å². The van der Waals surface area contributed by atoms with E-state index in [1.807, 2.05) is 0 Å². The highest BCUT2D eigenvalue weighted by molar-refractivity contribution is 5.94. The van der Waals surface area contributed by atoms with Gasteiger partial charge in [-0.3, -0.25) is 4.79 Å². The second kappa shape index (κ2) is 6.92. The average molecular weight is 293 g/mol. The van der Waals surface area contributed by atoms with Gasteiger partial charge in [-0.2, -0.15) is 0 Å². The zero-order valence-corrected chi connectivity index (χ0v) is 11.2. The fraction of sp³-hybridized carbons (Fsp3) is 0.188. The van der Waals surface area contributed by atoms with Gasteiger partial charge in [0.15, 0.2) is 0 Å². The topological polar surface area (TPSA) is 29.1 Å². The summed E-state index contributed by atoms with van der Waals surface area (Å²) in [7, 11) is 0. The molecule has 0 aliphatic carbocycles. The first-order chi connectivity index (χ1) is 10.1. The van der Waals surface area contributed by atoms with Crippen molar-refractivity contribution in [2.75, 3.05) is 6.54 Å². The summed E-state index contributed by atoms with van der Waals surface area (Å²) in [6.45, 7) is 0.297. The van der Waals surface area contributed by atoms with Crippen LogP contribution in [-0.2, 0) is 6.42 Å². The van der Waals surface area contributed by atoms with Crippen LogP contribution in [0.5, 0.6) is 0 Å². The Morgan fingerprint density at radius 3 is 2.52 bits per heavy atom. The van der Waals surface area contributed by atoms with Crippen molar-refractivity contribution in [2.45, 2.75) is 12.8 Å². The number of carbonyl (C=O) groups excluding carboxylic acids is 1. The van der Waals surface area contributed by atoms with Gasteiger partial charge in [0.2, 0.25) is 0 Å². The van der Waals surface area contributed by atoms with Crippen LogP contribution >= 0.6 is 0 Å². The summed E-state index contributed by atoms with van der Waals surface area (Å²) in [5.74, 6) is -2.40. The Labute approximate surface area is 120 Å². The monoisotopic (exact) mass is 293 g/mol. The highest BCUT2D eigenvalue weighted by Gasteiger charge is 2.12. The lowest BCUT2D eigenvalue weighted by Gasteiger charge is -2.06. The number of hydrogen-bond acceptors (Lipinski definition) is 1. The largest absolute Gasteiger partial charge is 0.352 e. The number of halogens is 3. The SMILES string of the molecule is O=C(NCCCc1cccc(F)c1)c1cc(F)ccc1F. The van der Waals surface area contributed by atoms with Crippen molar-refractivity contribution in [2.24, 2.45) is 0 Å². The van der Waals surface area contributed by atoms with Gasteiger partial charge in [-0.25, -0.2) is 13.2 Å². The molecule has 0 unspecified atom stereocenters. The molecule has 1 amide bonds. The molecule has 110 valence electrons. The Balaban J connectivity index is 1.83. The van der Waals surface area contributed by atoms with Crippen molar-refractivity contribution in [3.8, 4) is 0 Å². The van der Waals surface area contributed by atoms with Gasteiger partial charge in [-0.05, 0) is 48.7 Å². The fourth-order valence-electron chi connectivity index (χ4n) is 1.95. The standard InChI is InChI=1S/C16H14F3NO/c17-12-5-1-3-11(9-12)4-2-8-20-16(21)14-10-13(18)6-7-15(14)19/h1,3,5-7,9-10H,2,4,8H2,(H,20,21). The molecule has 2 aromatic carbocycles. The Bertz CT molecular complexity index is 643. The zero-order valence-electron chi connectivity index (χ0n) is 11.2. The van der Waals surface area contributed by atoms with Crippen molar-refractivity contribution < 1.29 is 18.0 Å². The molecule has 0 saturated heterocycles. The van der Waals surface area contributed by atoms with Crippen molar-refractivity contribution in [3.63, 3.8) is 0 Å². The first kappa shape index (κ1) is 15.1. The second-order valence-corrected chi connectivity index (χ2v) is 4.61. The predicted octanol–water partition coefficient (Wildman–Crippen LogP) is 3.47. The van der Waals surface area contributed by atoms with E-state index in [9.17, 15) is 18.0 Å². The normalized spacial score (nSPS) is 10.4. The van der Waals surface area contributed by atoms with Gasteiger partial charge in [0.05, 0.1) is 5.56 Å². The van der Waals surface area contributed by atoms with Crippen molar-refractivity contribution in [3.05, 3.63) is 71.0 Å². The first-order valence-corrected chi connectivity index (χ1v) is 6.54. The zero-order chi connectivity index (χ0) is 15.2. The number of hydrogen-bond donors (Lipinski definition) is 1. The summed E-state index contributed by atoms with van der Waals surface area (Å²) < 4.78 is 39.3. The predicted molar refractivity (Wildman–Crippen MR) is 73.4 cm³/mol. The number of rotatable bonds is 5. The molecule has 21 heavy (non-hydrogen) atoms. The van der Waals surface area contributed by atoms with E-state index in [2.05, 4.69) is 5.32 Å². The number of aryl methyl sites for hydroxylation is 1. The Morgan fingerprint density at radius 2 is 1.76 bits per heavy atom. The van der Waals surface area contributed by atoms with Gasteiger partial charge in [0.25, 0.3) is 5.91 Å². The Morgan fingerprint density at radius 1 is 1.00 bits per heavy atom. The highest BCUT2D eigenvalue weighted by Crippen LogP contribution is 2.10. The third-order valence-corrected chi connectivity index (χ3v) is 2.99. The minimum Gasteiger partial charge on any atom is -0.352 e. The fourth-order valence-corrected chi connectivity index (χ4v) is 1.95. The van der Waals surface area contributed by atoms with Gasteiger partial charge in [-0.1, -0.05) is 12.1 Å². The lowest BCUT2D eigenvalue weighted by atomic mass is 10.1. The molecule has 2 aromatic rings. The summed E-state index contributed by atoms with van der Waals surface area (Å²) in [6.07, 6.45) is 1.16. The molecular weight excluding hydrogens is 279 g/mol. The maximum absolute atomic E-state index is 13.4. The molecule has 1 N–H and O–H groups in total. The third kappa shape index (κ3) is 4.34. The molecule has 0 bridgehead atoms. The molecule has 0 saturated carbocycles. The second-order valence-electron chi connectivity index (χ2n) is 4.61. The summed E-state index contributed by atoms with van der Waals surface area (Å²) in [5, 5.41) is 2.51. The minimum atomic E-state index is -0.765. The quantitative estimate of drug-likeness (QED) is 0.840. The van der Waals surface area contributed by atoms with Crippen molar-refractivity contribution in [1.82, 2.24) is 5.32 Å². The maximum atomic E-state index is 13.4. The molecule has 0 radical (unpaired) electrons. The van der Waals surface area contributed by atoms with E-state index in [-0.39, 0.29) is 11.4 Å². The van der Waals surface area contributed by atoms with Crippen LogP contribution in [-0.4, -0.2) is 12.5 Å². The van der Waals surface area contributed by atoms with Crippen LogP contribution in [0.1, 0.15) is 22.3 Å². The third-order valence-electron chi connectivity index (χ3n) is 2.99. The summed E-state index contributed by atoms with van der Waals surface area (Å²) >= 11 is 0. The average Bonchev–Trinajstić information content (AvgIpc) is 2.46. The maximum Gasteiger partial charge on any atom is 0.254 e. The molecule has 0 fully saturated rings. The molecule has 0 spiro atoms. The van der Waals surface area contributed by atoms with Crippen LogP contribution in [0.2, 0.25) is 0 Å². The van der Waals surface area contributed by atoms with Crippen LogP contribution in [0.4, 0.5) is 13.2 Å². The number of amides is 1. The Hall–Kier alpha value is -2.30.